The number of rotatable bonds is 6. The summed E-state index contributed by atoms with van der Waals surface area (Å²) in [6.07, 6.45) is 0.987. The third-order valence-electron chi connectivity index (χ3n) is 2.81. The molecule has 1 unspecified atom stereocenters. The first-order valence-corrected chi connectivity index (χ1v) is 6.54. The third kappa shape index (κ3) is 4.88. The van der Waals surface area contributed by atoms with Gasteiger partial charge in [-0.05, 0) is 38.3 Å². The largest absolute Gasteiger partial charge is 0.462 e. The van der Waals surface area contributed by atoms with Crippen LogP contribution in [0, 0.1) is 0 Å². The summed E-state index contributed by atoms with van der Waals surface area (Å²) in [4.78, 5) is 11.4. The van der Waals surface area contributed by atoms with Crippen molar-refractivity contribution in [3.63, 3.8) is 0 Å². The van der Waals surface area contributed by atoms with Gasteiger partial charge in [0.1, 0.15) is 0 Å². The Balaban J connectivity index is 2.44. The predicted molar refractivity (Wildman–Crippen MR) is 73.5 cm³/mol. The molecular weight excluding hydrogens is 226 g/mol. The number of nitrogens with one attached hydrogen (secondary N) is 1. The van der Waals surface area contributed by atoms with Crippen LogP contribution in [0.4, 0.5) is 0 Å². The molecule has 0 saturated carbocycles. The van der Waals surface area contributed by atoms with Crippen LogP contribution in [-0.2, 0) is 16.0 Å². The highest BCUT2D eigenvalue weighted by atomic mass is 16.5. The molecule has 100 valence electrons. The summed E-state index contributed by atoms with van der Waals surface area (Å²) >= 11 is 0. The van der Waals surface area contributed by atoms with Crippen molar-refractivity contribution in [1.29, 1.82) is 0 Å². The van der Waals surface area contributed by atoms with Crippen molar-refractivity contribution in [2.75, 3.05) is 6.54 Å². The lowest BCUT2D eigenvalue weighted by molar-refractivity contribution is -0.146. The Morgan fingerprint density at radius 2 is 1.83 bits per heavy atom. The van der Waals surface area contributed by atoms with Gasteiger partial charge in [0.25, 0.3) is 0 Å². The van der Waals surface area contributed by atoms with Crippen molar-refractivity contribution in [3.8, 4) is 0 Å². The van der Waals surface area contributed by atoms with E-state index in [2.05, 4.69) is 36.5 Å². The minimum Gasteiger partial charge on any atom is -0.462 e. The van der Waals surface area contributed by atoms with E-state index in [1.54, 1.807) is 0 Å². The van der Waals surface area contributed by atoms with E-state index >= 15 is 0 Å². The lowest BCUT2D eigenvalue weighted by Crippen LogP contribution is -2.28. The first kappa shape index (κ1) is 14.7. The Morgan fingerprint density at radius 1 is 1.22 bits per heavy atom. The fourth-order valence-corrected chi connectivity index (χ4v) is 1.70. The molecule has 1 aromatic rings. The number of hydrogen-bond acceptors (Lipinski definition) is 3. The zero-order valence-corrected chi connectivity index (χ0v) is 11.7. The maximum atomic E-state index is 11.4. The van der Waals surface area contributed by atoms with Crippen LogP contribution in [0.3, 0.4) is 0 Å². The van der Waals surface area contributed by atoms with E-state index in [1.165, 1.54) is 11.1 Å². The highest BCUT2D eigenvalue weighted by Crippen LogP contribution is 2.13. The molecule has 0 saturated heterocycles. The second kappa shape index (κ2) is 7.17. The minimum absolute atomic E-state index is 0.0570. The molecule has 1 rings (SSSR count). The van der Waals surface area contributed by atoms with Gasteiger partial charge in [0.2, 0.25) is 0 Å². The van der Waals surface area contributed by atoms with Crippen LogP contribution in [0.1, 0.15) is 44.9 Å². The van der Waals surface area contributed by atoms with E-state index in [0.717, 1.165) is 6.42 Å². The molecule has 1 N–H and O–H groups in total. The molecular formula is C15H23NO2. The predicted octanol–water partition coefficient (Wildman–Crippen LogP) is 2.85. The molecule has 0 bridgehead atoms. The smallest absolute Gasteiger partial charge is 0.320 e. The molecule has 0 heterocycles. The quantitative estimate of drug-likeness (QED) is 0.788. The summed E-state index contributed by atoms with van der Waals surface area (Å²) in [7, 11) is 0. The number of esters is 1. The molecule has 0 aromatic heterocycles. The third-order valence-corrected chi connectivity index (χ3v) is 2.81. The van der Waals surface area contributed by atoms with Crippen LogP contribution in [0.25, 0.3) is 0 Å². The molecule has 3 nitrogen and oxygen atoms in total. The van der Waals surface area contributed by atoms with Crippen LogP contribution in [0.2, 0.25) is 0 Å². The van der Waals surface area contributed by atoms with Crippen LogP contribution in [0.5, 0.6) is 0 Å². The van der Waals surface area contributed by atoms with Gasteiger partial charge in [0, 0.05) is 6.04 Å². The average molecular weight is 249 g/mol. The number of hydrogen-bond donors (Lipinski definition) is 1. The topological polar surface area (TPSA) is 38.3 Å². The minimum atomic E-state index is -0.206. The van der Waals surface area contributed by atoms with E-state index in [9.17, 15) is 4.79 Å². The van der Waals surface area contributed by atoms with E-state index < -0.39 is 0 Å². The van der Waals surface area contributed by atoms with Gasteiger partial charge in [0.05, 0.1) is 12.6 Å². The standard InChI is InChI=1S/C15H23NO2/c1-5-13-6-8-14(9-7-13)12(4)16-10-15(17)18-11(2)3/h6-9,11-12,16H,5,10H2,1-4H3. The van der Waals surface area contributed by atoms with Gasteiger partial charge in [-0.1, -0.05) is 31.2 Å². The van der Waals surface area contributed by atoms with E-state index in [-0.39, 0.29) is 24.7 Å². The Morgan fingerprint density at radius 3 is 2.33 bits per heavy atom. The van der Waals surface area contributed by atoms with Crippen LogP contribution in [-0.4, -0.2) is 18.6 Å². The first-order valence-electron chi connectivity index (χ1n) is 6.54. The maximum absolute atomic E-state index is 11.4. The second-order valence-electron chi connectivity index (χ2n) is 4.74. The van der Waals surface area contributed by atoms with Gasteiger partial charge in [0.15, 0.2) is 0 Å². The monoisotopic (exact) mass is 249 g/mol. The Kier molecular flexibility index (Phi) is 5.86. The molecule has 1 aromatic carbocycles. The van der Waals surface area contributed by atoms with Crippen molar-refractivity contribution in [2.24, 2.45) is 0 Å². The average Bonchev–Trinajstić information content (AvgIpc) is 2.35. The summed E-state index contributed by atoms with van der Waals surface area (Å²) in [5.74, 6) is -0.206. The fourth-order valence-electron chi connectivity index (χ4n) is 1.70. The lowest BCUT2D eigenvalue weighted by atomic mass is 10.1. The van der Waals surface area contributed by atoms with Crippen LogP contribution < -0.4 is 5.32 Å². The van der Waals surface area contributed by atoms with Gasteiger partial charge >= 0.3 is 5.97 Å². The van der Waals surface area contributed by atoms with E-state index in [0.29, 0.717) is 0 Å². The Bertz CT molecular complexity index is 371. The van der Waals surface area contributed by atoms with Crippen molar-refractivity contribution in [3.05, 3.63) is 35.4 Å². The molecule has 0 aliphatic rings. The van der Waals surface area contributed by atoms with Gasteiger partial charge in [-0.15, -0.1) is 0 Å². The van der Waals surface area contributed by atoms with Crippen molar-refractivity contribution >= 4 is 5.97 Å². The first-order chi connectivity index (χ1) is 8.52. The van der Waals surface area contributed by atoms with Gasteiger partial charge in [-0.3, -0.25) is 4.79 Å². The normalized spacial score (nSPS) is 12.5. The highest BCUT2D eigenvalue weighted by molar-refractivity contribution is 5.71. The summed E-state index contributed by atoms with van der Waals surface area (Å²) in [5, 5.41) is 3.17. The molecule has 0 aliphatic carbocycles. The van der Waals surface area contributed by atoms with Gasteiger partial charge < -0.3 is 10.1 Å². The molecule has 0 aliphatic heterocycles. The number of benzene rings is 1. The van der Waals surface area contributed by atoms with Crippen molar-refractivity contribution in [2.45, 2.75) is 46.3 Å². The molecule has 3 heteroatoms. The Hall–Kier alpha value is -1.35. The summed E-state index contributed by atoms with van der Waals surface area (Å²) in [6, 6.07) is 8.60. The number of aryl methyl sites for hydroxylation is 1. The lowest BCUT2D eigenvalue weighted by Gasteiger charge is -2.15. The number of carbonyl (C=O) groups excluding carboxylic acids is 1. The number of ether oxygens (including phenoxy) is 1. The van der Waals surface area contributed by atoms with Crippen LogP contribution >= 0.6 is 0 Å². The molecule has 1 atom stereocenters. The summed E-state index contributed by atoms with van der Waals surface area (Å²) in [5.41, 5.74) is 2.51. The van der Waals surface area contributed by atoms with Gasteiger partial charge in [-0.25, -0.2) is 0 Å². The maximum Gasteiger partial charge on any atom is 0.320 e. The zero-order chi connectivity index (χ0) is 13.5. The molecule has 18 heavy (non-hydrogen) atoms. The van der Waals surface area contributed by atoms with Crippen LogP contribution in [0.15, 0.2) is 24.3 Å². The molecule has 0 radical (unpaired) electrons. The highest BCUT2D eigenvalue weighted by Gasteiger charge is 2.09. The fraction of sp³-hybridized carbons (Fsp3) is 0.533. The molecule has 0 spiro atoms. The van der Waals surface area contributed by atoms with Crippen molar-refractivity contribution in [1.82, 2.24) is 5.32 Å². The van der Waals surface area contributed by atoms with Crippen molar-refractivity contribution < 1.29 is 9.53 Å². The van der Waals surface area contributed by atoms with E-state index in [1.807, 2.05) is 20.8 Å². The molecule has 0 fully saturated rings. The second-order valence-corrected chi connectivity index (χ2v) is 4.74. The summed E-state index contributed by atoms with van der Waals surface area (Å²) in [6.45, 7) is 8.13. The Labute approximate surface area is 110 Å². The SMILES string of the molecule is CCc1ccc(C(C)NCC(=O)OC(C)C)cc1. The zero-order valence-electron chi connectivity index (χ0n) is 11.7. The number of carbonyl (C=O) groups is 1. The van der Waals surface area contributed by atoms with Gasteiger partial charge in [-0.2, -0.15) is 0 Å². The molecule has 0 amide bonds. The van der Waals surface area contributed by atoms with E-state index in [4.69, 9.17) is 4.74 Å². The summed E-state index contributed by atoms with van der Waals surface area (Å²) < 4.78 is 5.07.